The number of imidazole rings is 1. The number of hydrogen-bond acceptors (Lipinski definition) is 2. The molecule has 5 rings (SSSR count). The first-order chi connectivity index (χ1) is 9.81. The lowest BCUT2D eigenvalue weighted by atomic mass is 10.0. The predicted molar refractivity (Wildman–Crippen MR) is 75.2 cm³/mol. The van der Waals surface area contributed by atoms with Gasteiger partial charge in [0.05, 0.1) is 17.4 Å². The van der Waals surface area contributed by atoms with Crippen LogP contribution in [0.1, 0.15) is 29.6 Å². The number of fused-ring (bicyclic) bond motifs is 6. The van der Waals surface area contributed by atoms with Crippen molar-refractivity contribution in [2.24, 2.45) is 23.7 Å². The van der Waals surface area contributed by atoms with Crippen LogP contribution >= 0.6 is 0 Å². The quantitative estimate of drug-likeness (QED) is 0.877. The normalized spacial score (nSPS) is 37.1. The lowest BCUT2D eigenvalue weighted by Gasteiger charge is -2.10. The van der Waals surface area contributed by atoms with Gasteiger partial charge in [0.1, 0.15) is 0 Å². The maximum Gasteiger partial charge on any atom is 0.251 e. The fraction of sp³-hybridized carbons (Fsp3) is 0.500. The van der Waals surface area contributed by atoms with Crippen LogP contribution in [-0.4, -0.2) is 21.9 Å². The van der Waals surface area contributed by atoms with Crippen molar-refractivity contribution < 1.29 is 4.79 Å². The van der Waals surface area contributed by atoms with Gasteiger partial charge < -0.3 is 10.3 Å². The molecule has 20 heavy (non-hydrogen) atoms. The number of hydrogen-bond donors (Lipinski definition) is 2. The molecule has 4 unspecified atom stereocenters. The molecule has 2 N–H and O–H groups in total. The van der Waals surface area contributed by atoms with Crippen LogP contribution in [0.4, 0.5) is 0 Å². The summed E-state index contributed by atoms with van der Waals surface area (Å²) in [4.78, 5) is 19.6. The standard InChI is InChI=1S/C16H17N3O/c20-16(10-3-4-11-12(6-10)18-7-17-11)19-15-13-8-1-2-9(5-8)14(13)15/h3-4,6-9,13-15H,1-2,5H2,(H,17,18)(H,19,20). The highest BCUT2D eigenvalue weighted by molar-refractivity contribution is 5.97. The number of rotatable bonds is 2. The third-order valence-electron chi connectivity index (χ3n) is 5.72. The number of aromatic nitrogens is 2. The minimum atomic E-state index is 0.0697. The lowest BCUT2D eigenvalue weighted by Crippen LogP contribution is -2.29. The van der Waals surface area contributed by atoms with Gasteiger partial charge in [0.15, 0.2) is 0 Å². The van der Waals surface area contributed by atoms with Crippen molar-refractivity contribution in [2.45, 2.75) is 25.3 Å². The van der Waals surface area contributed by atoms with Gasteiger partial charge in [0.25, 0.3) is 5.91 Å². The molecule has 102 valence electrons. The van der Waals surface area contributed by atoms with E-state index in [1.807, 2.05) is 18.2 Å². The van der Waals surface area contributed by atoms with Crippen LogP contribution in [0.3, 0.4) is 0 Å². The third-order valence-corrected chi connectivity index (χ3v) is 5.72. The van der Waals surface area contributed by atoms with E-state index in [9.17, 15) is 4.79 Å². The van der Waals surface area contributed by atoms with Crippen molar-refractivity contribution in [2.75, 3.05) is 0 Å². The largest absolute Gasteiger partial charge is 0.349 e. The average Bonchev–Trinajstić information content (AvgIpc) is 2.92. The molecule has 3 fully saturated rings. The summed E-state index contributed by atoms with van der Waals surface area (Å²) in [6.07, 6.45) is 5.85. The minimum absolute atomic E-state index is 0.0697. The fourth-order valence-electron chi connectivity index (χ4n) is 4.83. The number of H-pyrrole nitrogens is 1. The summed E-state index contributed by atoms with van der Waals surface area (Å²) in [6.45, 7) is 0. The summed E-state index contributed by atoms with van der Waals surface area (Å²) in [7, 11) is 0. The summed E-state index contributed by atoms with van der Waals surface area (Å²) in [5.41, 5.74) is 2.57. The molecule has 0 spiro atoms. The Balaban J connectivity index is 1.36. The summed E-state index contributed by atoms with van der Waals surface area (Å²) in [6, 6.07) is 6.11. The Kier molecular flexibility index (Phi) is 1.97. The van der Waals surface area contributed by atoms with E-state index in [2.05, 4.69) is 15.3 Å². The summed E-state index contributed by atoms with van der Waals surface area (Å²) in [5.74, 6) is 3.43. The van der Waals surface area contributed by atoms with Crippen molar-refractivity contribution >= 4 is 16.9 Å². The molecule has 4 heteroatoms. The van der Waals surface area contributed by atoms with Crippen molar-refractivity contribution in [3.63, 3.8) is 0 Å². The Morgan fingerprint density at radius 3 is 2.85 bits per heavy atom. The Hall–Kier alpha value is -1.84. The first-order valence-corrected chi connectivity index (χ1v) is 7.55. The maximum absolute atomic E-state index is 12.4. The third kappa shape index (κ3) is 1.37. The highest BCUT2D eigenvalue weighted by atomic mass is 16.1. The zero-order valence-corrected chi connectivity index (χ0v) is 11.2. The van der Waals surface area contributed by atoms with Crippen molar-refractivity contribution in [1.82, 2.24) is 15.3 Å². The van der Waals surface area contributed by atoms with Gasteiger partial charge in [-0.2, -0.15) is 0 Å². The molecule has 1 aromatic carbocycles. The zero-order valence-electron chi connectivity index (χ0n) is 11.2. The molecule has 2 aromatic rings. The predicted octanol–water partition coefficient (Wildman–Crippen LogP) is 2.34. The second-order valence-corrected chi connectivity index (χ2v) is 6.62. The Labute approximate surface area is 117 Å². The van der Waals surface area contributed by atoms with E-state index in [0.717, 1.165) is 40.3 Å². The smallest absolute Gasteiger partial charge is 0.251 e. The van der Waals surface area contributed by atoms with Crippen LogP contribution in [0.25, 0.3) is 11.0 Å². The second-order valence-electron chi connectivity index (χ2n) is 6.62. The number of carbonyl (C=O) groups is 1. The van der Waals surface area contributed by atoms with Crippen molar-refractivity contribution in [3.8, 4) is 0 Å². The molecular weight excluding hydrogens is 250 g/mol. The van der Waals surface area contributed by atoms with Crippen LogP contribution < -0.4 is 5.32 Å². The number of nitrogens with one attached hydrogen (secondary N) is 2. The number of benzene rings is 1. The van der Waals surface area contributed by atoms with Crippen LogP contribution in [-0.2, 0) is 0 Å². The number of amides is 1. The highest BCUT2D eigenvalue weighted by Crippen LogP contribution is 2.65. The molecule has 0 radical (unpaired) electrons. The second kappa shape index (κ2) is 3.62. The number of carbonyl (C=O) groups excluding carboxylic acids is 1. The maximum atomic E-state index is 12.4. The molecule has 4 atom stereocenters. The first kappa shape index (κ1) is 10.9. The number of nitrogens with zero attached hydrogens (tertiary/aromatic N) is 1. The molecule has 3 saturated carbocycles. The molecule has 1 amide bonds. The molecule has 0 saturated heterocycles. The summed E-state index contributed by atoms with van der Waals surface area (Å²) < 4.78 is 0. The molecule has 4 nitrogen and oxygen atoms in total. The Morgan fingerprint density at radius 1 is 1.25 bits per heavy atom. The van der Waals surface area contributed by atoms with E-state index >= 15 is 0 Å². The average molecular weight is 267 g/mol. The van der Waals surface area contributed by atoms with Gasteiger partial charge in [-0.25, -0.2) is 4.98 Å². The molecule has 3 aliphatic carbocycles. The molecule has 2 bridgehead atoms. The molecule has 3 aliphatic rings. The van der Waals surface area contributed by atoms with E-state index < -0.39 is 0 Å². The van der Waals surface area contributed by atoms with Gasteiger partial charge in [0, 0.05) is 11.6 Å². The van der Waals surface area contributed by atoms with E-state index in [1.165, 1.54) is 19.3 Å². The van der Waals surface area contributed by atoms with Crippen molar-refractivity contribution in [1.29, 1.82) is 0 Å². The van der Waals surface area contributed by atoms with Crippen molar-refractivity contribution in [3.05, 3.63) is 30.1 Å². The van der Waals surface area contributed by atoms with Gasteiger partial charge in [0.2, 0.25) is 0 Å². The summed E-state index contributed by atoms with van der Waals surface area (Å²) >= 11 is 0. The Bertz CT molecular complexity index is 691. The van der Waals surface area contributed by atoms with Crippen LogP contribution in [0.2, 0.25) is 0 Å². The van der Waals surface area contributed by atoms with Gasteiger partial charge in [-0.3, -0.25) is 4.79 Å². The van der Waals surface area contributed by atoms with Crippen LogP contribution in [0.15, 0.2) is 24.5 Å². The van der Waals surface area contributed by atoms with E-state index in [4.69, 9.17) is 0 Å². The fourth-order valence-corrected chi connectivity index (χ4v) is 4.83. The SMILES string of the molecule is O=C(NC1C2C3CCC(C3)C12)c1ccc2nc[nH]c2c1. The molecule has 1 heterocycles. The lowest BCUT2D eigenvalue weighted by molar-refractivity contribution is 0.0944. The van der Waals surface area contributed by atoms with Crippen LogP contribution in [0.5, 0.6) is 0 Å². The minimum Gasteiger partial charge on any atom is -0.349 e. The van der Waals surface area contributed by atoms with Crippen LogP contribution in [0, 0.1) is 23.7 Å². The van der Waals surface area contributed by atoms with Gasteiger partial charge in [-0.1, -0.05) is 0 Å². The monoisotopic (exact) mass is 267 g/mol. The molecular formula is C16H17N3O. The summed E-state index contributed by atoms with van der Waals surface area (Å²) in [5, 5.41) is 3.26. The number of aromatic amines is 1. The van der Waals surface area contributed by atoms with Gasteiger partial charge in [-0.15, -0.1) is 0 Å². The van der Waals surface area contributed by atoms with E-state index in [1.54, 1.807) is 6.33 Å². The zero-order chi connectivity index (χ0) is 13.3. The highest BCUT2D eigenvalue weighted by Gasteiger charge is 2.65. The van der Waals surface area contributed by atoms with E-state index in [0.29, 0.717) is 6.04 Å². The topological polar surface area (TPSA) is 57.8 Å². The van der Waals surface area contributed by atoms with E-state index in [-0.39, 0.29) is 5.91 Å². The molecule has 0 aliphatic heterocycles. The first-order valence-electron chi connectivity index (χ1n) is 7.55. The Morgan fingerprint density at radius 2 is 2.05 bits per heavy atom. The molecule has 1 aromatic heterocycles. The van der Waals surface area contributed by atoms with Gasteiger partial charge >= 0.3 is 0 Å². The van der Waals surface area contributed by atoms with Gasteiger partial charge in [-0.05, 0) is 61.1 Å².